The molecule has 0 fully saturated rings. The van der Waals surface area contributed by atoms with Crippen molar-refractivity contribution in [1.29, 1.82) is 5.26 Å². The monoisotopic (exact) mass is 173 g/mol. The summed E-state index contributed by atoms with van der Waals surface area (Å²) in [6, 6.07) is 4.37. The van der Waals surface area contributed by atoms with Crippen LogP contribution in [0.2, 0.25) is 0 Å². The Morgan fingerprint density at radius 3 is 2.69 bits per heavy atom. The van der Waals surface area contributed by atoms with Gasteiger partial charge in [0.1, 0.15) is 6.07 Å². The molecule has 6 heteroatoms. The Morgan fingerprint density at radius 1 is 1.54 bits per heavy atom. The minimum atomic E-state index is -1.73. The Kier molecular flexibility index (Phi) is 2.60. The highest BCUT2D eigenvalue weighted by Gasteiger charge is 2.17. The molecule has 0 amide bonds. The van der Waals surface area contributed by atoms with Gasteiger partial charge in [-0.3, -0.25) is 0 Å². The van der Waals surface area contributed by atoms with Crippen molar-refractivity contribution >= 4 is 18.4 Å². The van der Waals surface area contributed by atoms with Crippen LogP contribution in [-0.4, -0.2) is 22.2 Å². The molecule has 1 rings (SSSR count). The summed E-state index contributed by atoms with van der Waals surface area (Å²) in [5, 5.41) is 26.0. The van der Waals surface area contributed by atoms with Gasteiger partial charge >= 0.3 is 7.12 Å². The molecule has 0 unspecified atom stereocenters. The standard InChI is InChI=1S/C7H4BN3O2/c1-10-7-6(8(12)13)3-2-5(4-9)11-7/h2-3,12-13H. The van der Waals surface area contributed by atoms with Gasteiger partial charge in [-0.15, -0.1) is 4.98 Å². The van der Waals surface area contributed by atoms with E-state index in [1.807, 2.05) is 0 Å². The van der Waals surface area contributed by atoms with Gasteiger partial charge in [0.2, 0.25) is 5.69 Å². The number of nitriles is 1. The van der Waals surface area contributed by atoms with Crippen molar-refractivity contribution in [2.45, 2.75) is 0 Å². The van der Waals surface area contributed by atoms with E-state index in [-0.39, 0.29) is 17.0 Å². The van der Waals surface area contributed by atoms with Crippen LogP contribution in [0, 0.1) is 17.9 Å². The van der Waals surface area contributed by atoms with Crippen molar-refractivity contribution in [3.8, 4) is 6.07 Å². The first-order valence-corrected chi connectivity index (χ1v) is 3.33. The molecular formula is C7H4BN3O2. The minimum Gasteiger partial charge on any atom is -0.424 e. The van der Waals surface area contributed by atoms with Crippen LogP contribution in [0.25, 0.3) is 4.85 Å². The second-order valence-electron chi connectivity index (χ2n) is 2.21. The maximum atomic E-state index is 8.79. The summed E-state index contributed by atoms with van der Waals surface area (Å²) in [7, 11) is -1.73. The topological polar surface area (TPSA) is 81.5 Å². The van der Waals surface area contributed by atoms with Gasteiger partial charge in [-0.1, -0.05) is 12.6 Å². The smallest absolute Gasteiger partial charge is 0.424 e. The van der Waals surface area contributed by atoms with Crippen LogP contribution in [0.5, 0.6) is 0 Å². The van der Waals surface area contributed by atoms with Gasteiger partial charge in [-0.25, -0.2) is 0 Å². The van der Waals surface area contributed by atoms with Crippen LogP contribution >= 0.6 is 0 Å². The largest absolute Gasteiger partial charge is 0.478 e. The quantitative estimate of drug-likeness (QED) is 0.429. The first-order valence-electron chi connectivity index (χ1n) is 3.33. The van der Waals surface area contributed by atoms with Gasteiger partial charge in [-0.05, 0) is 6.07 Å². The summed E-state index contributed by atoms with van der Waals surface area (Å²) >= 11 is 0. The zero-order chi connectivity index (χ0) is 9.84. The average molecular weight is 173 g/mol. The minimum absolute atomic E-state index is 0.00833. The van der Waals surface area contributed by atoms with Gasteiger partial charge in [0.15, 0.2) is 0 Å². The fourth-order valence-corrected chi connectivity index (χ4v) is 0.813. The van der Waals surface area contributed by atoms with E-state index in [1.165, 1.54) is 12.1 Å². The first kappa shape index (κ1) is 9.20. The van der Waals surface area contributed by atoms with Crippen molar-refractivity contribution in [1.82, 2.24) is 4.98 Å². The van der Waals surface area contributed by atoms with Gasteiger partial charge in [0, 0.05) is 5.46 Å². The van der Waals surface area contributed by atoms with Crippen LogP contribution in [0.4, 0.5) is 5.82 Å². The molecule has 5 nitrogen and oxygen atoms in total. The van der Waals surface area contributed by atoms with E-state index in [2.05, 4.69) is 9.83 Å². The first-order chi connectivity index (χ1) is 6.19. The van der Waals surface area contributed by atoms with Gasteiger partial charge in [0.05, 0.1) is 0 Å². The molecule has 1 aromatic rings. The summed E-state index contributed by atoms with van der Waals surface area (Å²) in [5.41, 5.74) is 0.0874. The summed E-state index contributed by atoms with van der Waals surface area (Å²) in [6.07, 6.45) is 0. The molecule has 0 spiro atoms. The molecule has 1 heterocycles. The van der Waals surface area contributed by atoms with Crippen LogP contribution in [0.3, 0.4) is 0 Å². The number of aromatic nitrogens is 1. The van der Waals surface area contributed by atoms with E-state index in [9.17, 15) is 0 Å². The van der Waals surface area contributed by atoms with Crippen LogP contribution in [0.15, 0.2) is 12.1 Å². The highest BCUT2D eigenvalue weighted by atomic mass is 16.4. The highest BCUT2D eigenvalue weighted by molar-refractivity contribution is 6.60. The zero-order valence-electron chi connectivity index (χ0n) is 6.47. The summed E-state index contributed by atoms with van der Waals surface area (Å²) in [4.78, 5) is 6.56. The lowest BCUT2D eigenvalue weighted by Crippen LogP contribution is -2.30. The second kappa shape index (κ2) is 3.68. The lowest BCUT2D eigenvalue weighted by atomic mass is 9.80. The van der Waals surface area contributed by atoms with Crippen molar-refractivity contribution in [2.24, 2.45) is 0 Å². The Balaban J connectivity index is 3.28. The molecular weight excluding hydrogens is 169 g/mol. The maximum absolute atomic E-state index is 8.79. The number of hydrogen-bond donors (Lipinski definition) is 2. The summed E-state index contributed by atoms with van der Waals surface area (Å²) in [5.74, 6) is -0.158. The molecule has 0 atom stereocenters. The van der Waals surface area contributed by atoms with Crippen molar-refractivity contribution < 1.29 is 10.0 Å². The predicted molar refractivity (Wildman–Crippen MR) is 45.0 cm³/mol. The lowest BCUT2D eigenvalue weighted by molar-refractivity contribution is 0.426. The van der Waals surface area contributed by atoms with Gasteiger partial charge in [-0.2, -0.15) is 5.26 Å². The molecule has 0 aromatic carbocycles. The molecule has 1 aromatic heterocycles. The Morgan fingerprint density at radius 2 is 2.23 bits per heavy atom. The third-order valence-electron chi connectivity index (χ3n) is 1.40. The van der Waals surface area contributed by atoms with E-state index >= 15 is 0 Å². The van der Waals surface area contributed by atoms with Crippen molar-refractivity contribution in [3.63, 3.8) is 0 Å². The molecule has 0 saturated carbocycles. The molecule has 0 aliphatic rings. The normalized spacial score (nSPS) is 8.62. The van der Waals surface area contributed by atoms with Gasteiger partial charge < -0.3 is 14.9 Å². The van der Waals surface area contributed by atoms with Gasteiger partial charge in [0.25, 0.3) is 5.82 Å². The number of pyridine rings is 1. The van der Waals surface area contributed by atoms with Crippen LogP contribution < -0.4 is 5.46 Å². The molecule has 0 aliphatic heterocycles. The number of hydrogen-bond acceptors (Lipinski definition) is 4. The van der Waals surface area contributed by atoms with E-state index in [4.69, 9.17) is 21.9 Å². The van der Waals surface area contributed by atoms with E-state index in [0.717, 1.165) is 0 Å². The fraction of sp³-hybridized carbons (Fsp3) is 0. The maximum Gasteiger partial charge on any atom is 0.478 e. The highest BCUT2D eigenvalue weighted by Crippen LogP contribution is 2.05. The summed E-state index contributed by atoms with van der Waals surface area (Å²) < 4.78 is 0. The lowest BCUT2D eigenvalue weighted by Gasteiger charge is -1.99. The molecule has 0 radical (unpaired) electrons. The Bertz CT molecular complexity index is 405. The molecule has 2 N–H and O–H groups in total. The predicted octanol–water partition coefficient (Wildman–Crippen LogP) is -0.816. The van der Waals surface area contributed by atoms with Crippen LogP contribution in [0.1, 0.15) is 5.69 Å². The van der Waals surface area contributed by atoms with E-state index < -0.39 is 7.12 Å². The molecule has 13 heavy (non-hydrogen) atoms. The SMILES string of the molecule is [C-]#[N+]c1nc(C#N)ccc1B(O)O. The number of nitrogens with zero attached hydrogens (tertiary/aromatic N) is 3. The average Bonchev–Trinajstić information content (AvgIpc) is 2.16. The van der Waals surface area contributed by atoms with E-state index in [0.29, 0.717) is 0 Å². The molecule has 0 saturated heterocycles. The summed E-state index contributed by atoms with van der Waals surface area (Å²) in [6.45, 7) is 6.68. The van der Waals surface area contributed by atoms with Crippen molar-refractivity contribution in [3.05, 3.63) is 29.2 Å². The Hall–Kier alpha value is -1.89. The van der Waals surface area contributed by atoms with Crippen LogP contribution in [-0.2, 0) is 0 Å². The fourth-order valence-electron chi connectivity index (χ4n) is 0.813. The third kappa shape index (κ3) is 1.82. The third-order valence-corrected chi connectivity index (χ3v) is 1.40. The zero-order valence-corrected chi connectivity index (χ0v) is 6.47. The second-order valence-corrected chi connectivity index (χ2v) is 2.21. The molecule has 62 valence electrons. The Labute approximate surface area is 74.9 Å². The van der Waals surface area contributed by atoms with E-state index in [1.54, 1.807) is 6.07 Å². The molecule has 0 bridgehead atoms. The molecule has 0 aliphatic carbocycles. The van der Waals surface area contributed by atoms with Crippen molar-refractivity contribution in [2.75, 3.05) is 0 Å². The number of rotatable bonds is 1.